The zero-order valence-electron chi connectivity index (χ0n) is 11.9. The number of nitrogens with zero attached hydrogens (tertiary/aromatic N) is 1. The number of para-hydroxylation sites is 1. The van der Waals surface area contributed by atoms with Crippen LogP contribution in [0, 0.1) is 5.92 Å². The number of nitrogens with two attached hydrogens (primary N) is 1. The van der Waals surface area contributed by atoms with Crippen molar-refractivity contribution in [3.05, 3.63) is 23.8 Å². The number of carbonyl (C=O) groups excluding carboxylic acids is 1. The van der Waals surface area contributed by atoms with Crippen LogP contribution in [0.1, 0.15) is 24.2 Å². The molecule has 0 unspecified atom stereocenters. The Bertz CT molecular complexity index is 536. The summed E-state index contributed by atoms with van der Waals surface area (Å²) >= 11 is 0. The summed E-state index contributed by atoms with van der Waals surface area (Å²) in [7, 11) is 0. The maximum Gasteiger partial charge on any atom is 0.257 e. The van der Waals surface area contributed by atoms with Crippen molar-refractivity contribution in [1.29, 1.82) is 0 Å². The quantitative estimate of drug-likeness (QED) is 0.883. The molecule has 2 heterocycles. The summed E-state index contributed by atoms with van der Waals surface area (Å²) in [5, 5.41) is 0. The van der Waals surface area contributed by atoms with Gasteiger partial charge in [0.25, 0.3) is 5.91 Å². The van der Waals surface area contributed by atoms with Crippen LogP contribution in [0.25, 0.3) is 0 Å². The lowest BCUT2D eigenvalue weighted by molar-refractivity contribution is 0.0268. The van der Waals surface area contributed by atoms with Gasteiger partial charge in [-0.25, -0.2) is 0 Å². The van der Waals surface area contributed by atoms with Crippen LogP contribution in [-0.2, 0) is 0 Å². The summed E-state index contributed by atoms with van der Waals surface area (Å²) in [6.07, 6.45) is 0. The molecule has 0 saturated carbocycles. The minimum Gasteiger partial charge on any atom is -0.486 e. The molecule has 1 aromatic carbocycles. The fourth-order valence-corrected chi connectivity index (χ4v) is 2.59. The highest BCUT2D eigenvalue weighted by Crippen LogP contribution is 2.36. The van der Waals surface area contributed by atoms with Crippen LogP contribution in [0.15, 0.2) is 18.2 Å². The fraction of sp³-hybridized carbons (Fsp3) is 0.533. The Labute approximate surface area is 118 Å². The Morgan fingerprint density at radius 1 is 1.30 bits per heavy atom. The summed E-state index contributed by atoms with van der Waals surface area (Å²) in [5.41, 5.74) is 6.54. The number of hydrogen-bond acceptors (Lipinski definition) is 4. The Morgan fingerprint density at radius 2 is 2.00 bits per heavy atom. The van der Waals surface area contributed by atoms with Crippen molar-refractivity contribution in [2.24, 2.45) is 11.7 Å². The van der Waals surface area contributed by atoms with Crippen LogP contribution < -0.4 is 15.2 Å². The highest BCUT2D eigenvalue weighted by molar-refractivity contribution is 5.98. The van der Waals surface area contributed by atoms with Crippen molar-refractivity contribution in [3.8, 4) is 11.5 Å². The van der Waals surface area contributed by atoms with Gasteiger partial charge in [0.05, 0.1) is 11.1 Å². The summed E-state index contributed by atoms with van der Waals surface area (Å²) in [5.74, 6) is 1.53. The van der Waals surface area contributed by atoms with E-state index < -0.39 is 0 Å². The second kappa shape index (κ2) is 4.66. The first-order valence-electron chi connectivity index (χ1n) is 6.98. The molecule has 108 valence electrons. The third-order valence-corrected chi connectivity index (χ3v) is 4.20. The maximum atomic E-state index is 12.5. The normalized spacial score (nSPS) is 19.7. The second-order valence-electron chi connectivity index (χ2n) is 5.88. The monoisotopic (exact) mass is 276 g/mol. The van der Waals surface area contributed by atoms with E-state index in [1.807, 2.05) is 12.1 Å². The molecule has 5 heteroatoms. The molecule has 1 amide bonds. The van der Waals surface area contributed by atoms with Crippen molar-refractivity contribution >= 4 is 5.91 Å². The van der Waals surface area contributed by atoms with Gasteiger partial charge >= 0.3 is 0 Å². The van der Waals surface area contributed by atoms with E-state index in [0.717, 1.165) is 0 Å². The average molecular weight is 276 g/mol. The molecule has 1 fully saturated rings. The van der Waals surface area contributed by atoms with Crippen LogP contribution in [-0.4, -0.2) is 42.6 Å². The lowest BCUT2D eigenvalue weighted by Crippen LogP contribution is -2.71. The van der Waals surface area contributed by atoms with Gasteiger partial charge in [0.2, 0.25) is 0 Å². The lowest BCUT2D eigenvalue weighted by atomic mass is 9.80. The molecule has 0 bridgehead atoms. The van der Waals surface area contributed by atoms with E-state index in [1.54, 1.807) is 11.0 Å². The SMILES string of the molecule is CC(C)C1(N)CN(C(=O)c2cccc3c2OCCO3)C1. The van der Waals surface area contributed by atoms with Crippen molar-refractivity contribution in [2.75, 3.05) is 26.3 Å². The molecule has 2 N–H and O–H groups in total. The van der Waals surface area contributed by atoms with E-state index in [1.165, 1.54) is 0 Å². The smallest absolute Gasteiger partial charge is 0.257 e. The molecular formula is C15H20N2O3. The van der Waals surface area contributed by atoms with Crippen LogP contribution in [0.5, 0.6) is 11.5 Å². The third kappa shape index (κ3) is 2.02. The molecule has 20 heavy (non-hydrogen) atoms. The van der Waals surface area contributed by atoms with Crippen LogP contribution in [0.4, 0.5) is 0 Å². The summed E-state index contributed by atoms with van der Waals surface area (Å²) in [6.45, 7) is 6.35. The average Bonchev–Trinajstić information content (AvgIpc) is 2.42. The lowest BCUT2D eigenvalue weighted by Gasteiger charge is -2.50. The van der Waals surface area contributed by atoms with E-state index in [2.05, 4.69) is 13.8 Å². The number of amides is 1. The van der Waals surface area contributed by atoms with Crippen LogP contribution in [0.3, 0.4) is 0 Å². The predicted molar refractivity (Wildman–Crippen MR) is 75.1 cm³/mol. The van der Waals surface area contributed by atoms with Gasteiger partial charge < -0.3 is 20.1 Å². The molecule has 5 nitrogen and oxygen atoms in total. The van der Waals surface area contributed by atoms with E-state index in [0.29, 0.717) is 49.3 Å². The van der Waals surface area contributed by atoms with Gasteiger partial charge in [0.15, 0.2) is 11.5 Å². The number of hydrogen-bond donors (Lipinski definition) is 1. The molecule has 1 aromatic rings. The molecule has 3 rings (SSSR count). The van der Waals surface area contributed by atoms with Crippen LogP contribution >= 0.6 is 0 Å². The first-order valence-corrected chi connectivity index (χ1v) is 6.98. The van der Waals surface area contributed by atoms with Crippen LogP contribution in [0.2, 0.25) is 0 Å². The molecule has 0 aromatic heterocycles. The number of likely N-dealkylation sites (tertiary alicyclic amines) is 1. The predicted octanol–water partition coefficient (Wildman–Crippen LogP) is 1.27. The first-order chi connectivity index (χ1) is 9.51. The van der Waals surface area contributed by atoms with Gasteiger partial charge in [-0.1, -0.05) is 19.9 Å². The molecule has 1 saturated heterocycles. The number of ether oxygens (including phenoxy) is 2. The first kappa shape index (κ1) is 13.2. The van der Waals surface area contributed by atoms with Gasteiger partial charge in [0, 0.05) is 13.1 Å². The molecule has 2 aliphatic rings. The molecule has 0 radical (unpaired) electrons. The largest absolute Gasteiger partial charge is 0.486 e. The molecule has 2 aliphatic heterocycles. The van der Waals surface area contributed by atoms with E-state index >= 15 is 0 Å². The zero-order valence-corrected chi connectivity index (χ0v) is 11.9. The van der Waals surface area contributed by atoms with Crippen molar-refractivity contribution < 1.29 is 14.3 Å². The topological polar surface area (TPSA) is 64.8 Å². The number of rotatable bonds is 2. The van der Waals surface area contributed by atoms with E-state index in [9.17, 15) is 4.79 Å². The number of benzene rings is 1. The van der Waals surface area contributed by atoms with Crippen molar-refractivity contribution in [3.63, 3.8) is 0 Å². The summed E-state index contributed by atoms with van der Waals surface area (Å²) in [4.78, 5) is 14.3. The van der Waals surface area contributed by atoms with E-state index in [-0.39, 0.29) is 11.4 Å². The molecule has 0 aliphatic carbocycles. The number of fused-ring (bicyclic) bond motifs is 1. The summed E-state index contributed by atoms with van der Waals surface area (Å²) < 4.78 is 11.1. The molecular weight excluding hydrogens is 256 g/mol. The summed E-state index contributed by atoms with van der Waals surface area (Å²) in [6, 6.07) is 5.42. The zero-order chi connectivity index (χ0) is 14.3. The van der Waals surface area contributed by atoms with Crippen molar-refractivity contribution in [1.82, 2.24) is 4.90 Å². The van der Waals surface area contributed by atoms with Gasteiger partial charge in [0.1, 0.15) is 13.2 Å². The highest BCUT2D eigenvalue weighted by atomic mass is 16.6. The second-order valence-corrected chi connectivity index (χ2v) is 5.88. The highest BCUT2D eigenvalue weighted by Gasteiger charge is 2.45. The molecule has 0 spiro atoms. The standard InChI is InChI=1S/C15H20N2O3/c1-10(2)15(16)8-17(9-15)14(18)11-4-3-5-12-13(11)20-7-6-19-12/h3-5,10H,6-9,16H2,1-2H3. The Morgan fingerprint density at radius 3 is 2.70 bits per heavy atom. The maximum absolute atomic E-state index is 12.5. The molecule has 0 atom stereocenters. The van der Waals surface area contributed by atoms with Gasteiger partial charge in [-0.15, -0.1) is 0 Å². The Kier molecular flexibility index (Phi) is 3.09. The van der Waals surface area contributed by atoms with Gasteiger partial charge in [-0.05, 0) is 18.1 Å². The van der Waals surface area contributed by atoms with Gasteiger partial charge in [-0.3, -0.25) is 4.79 Å². The van der Waals surface area contributed by atoms with Crippen molar-refractivity contribution in [2.45, 2.75) is 19.4 Å². The third-order valence-electron chi connectivity index (χ3n) is 4.20. The Hall–Kier alpha value is -1.75. The Balaban J connectivity index is 1.80. The minimum absolute atomic E-state index is 0.0333. The fourth-order valence-electron chi connectivity index (χ4n) is 2.59. The van der Waals surface area contributed by atoms with E-state index in [4.69, 9.17) is 15.2 Å². The number of carbonyl (C=O) groups is 1. The minimum atomic E-state index is -0.262. The van der Waals surface area contributed by atoms with Gasteiger partial charge in [-0.2, -0.15) is 0 Å².